The number of nitrogens with zero attached hydrogens (tertiary/aromatic N) is 2. The first-order valence-corrected chi connectivity index (χ1v) is 8.90. The Morgan fingerprint density at radius 2 is 2.24 bits per heavy atom. The minimum absolute atomic E-state index is 0.126. The van der Waals surface area contributed by atoms with Gasteiger partial charge in [0.25, 0.3) is 5.69 Å². The molecular weight excluding hydrogens is 306 g/mol. The number of nitrogens with one attached hydrogen (secondary N) is 1. The molecule has 5 nitrogen and oxygen atoms in total. The Balaban J connectivity index is 1.85. The summed E-state index contributed by atoms with van der Waals surface area (Å²) in [6.45, 7) is 0.874. The molecule has 2 heterocycles. The first-order valence-electron chi connectivity index (χ1n) is 6.70. The maximum Gasteiger partial charge on any atom is 0.277 e. The first kappa shape index (κ1) is 14.5. The lowest BCUT2D eigenvalue weighted by Gasteiger charge is -2.22. The van der Waals surface area contributed by atoms with Crippen LogP contribution in [0.25, 0.3) is 10.8 Å². The van der Waals surface area contributed by atoms with E-state index >= 15 is 0 Å². The minimum Gasteiger partial charge on any atom is -0.383 e. The van der Waals surface area contributed by atoms with Gasteiger partial charge in [0.15, 0.2) is 0 Å². The maximum atomic E-state index is 11.1. The van der Waals surface area contributed by atoms with Crippen LogP contribution in [0, 0.1) is 10.1 Å². The van der Waals surface area contributed by atoms with Crippen molar-refractivity contribution < 1.29 is 4.92 Å². The second-order valence-corrected chi connectivity index (χ2v) is 7.32. The summed E-state index contributed by atoms with van der Waals surface area (Å²) in [4.78, 5) is 14.8. The molecule has 21 heavy (non-hydrogen) atoms. The summed E-state index contributed by atoms with van der Waals surface area (Å²) in [7, 11) is 0. The first-order chi connectivity index (χ1) is 10.3. The van der Waals surface area contributed by atoms with Gasteiger partial charge in [0.2, 0.25) is 0 Å². The van der Waals surface area contributed by atoms with Crippen molar-refractivity contribution in [2.24, 2.45) is 0 Å². The average molecular weight is 321 g/mol. The highest BCUT2D eigenvalue weighted by atomic mass is 32.2. The molecule has 0 amide bonds. The van der Waals surface area contributed by atoms with E-state index in [9.17, 15) is 10.1 Å². The number of thioether (sulfide) groups is 2. The van der Waals surface area contributed by atoms with Crippen molar-refractivity contribution in [2.45, 2.75) is 5.25 Å². The van der Waals surface area contributed by atoms with Crippen molar-refractivity contribution >= 4 is 45.7 Å². The number of non-ortho nitro benzene ring substituents is 1. The number of nitro groups is 1. The van der Waals surface area contributed by atoms with E-state index < -0.39 is 0 Å². The van der Waals surface area contributed by atoms with E-state index in [2.05, 4.69) is 10.3 Å². The van der Waals surface area contributed by atoms with Crippen molar-refractivity contribution in [3.8, 4) is 0 Å². The summed E-state index contributed by atoms with van der Waals surface area (Å²) in [5.41, 5.74) is 1.04. The predicted octanol–water partition coefficient (Wildman–Crippen LogP) is 3.40. The van der Waals surface area contributed by atoms with Crippen LogP contribution in [0.4, 0.5) is 11.4 Å². The third-order valence-electron chi connectivity index (χ3n) is 3.40. The smallest absolute Gasteiger partial charge is 0.277 e. The number of hydrogen-bond acceptors (Lipinski definition) is 6. The number of nitro benzene ring substituents is 1. The van der Waals surface area contributed by atoms with E-state index in [1.807, 2.05) is 23.5 Å². The third-order valence-corrected chi connectivity index (χ3v) is 6.24. The van der Waals surface area contributed by atoms with Crippen LogP contribution < -0.4 is 5.32 Å². The molecule has 3 rings (SSSR count). The molecule has 1 aromatic carbocycles. The molecule has 1 unspecified atom stereocenters. The fourth-order valence-corrected chi connectivity index (χ4v) is 4.98. The normalized spacial score (nSPS) is 18.6. The van der Waals surface area contributed by atoms with Crippen molar-refractivity contribution in [1.82, 2.24) is 4.98 Å². The number of aromatic nitrogens is 1. The monoisotopic (exact) mass is 321 g/mol. The molecule has 7 heteroatoms. The quantitative estimate of drug-likeness (QED) is 0.687. The molecule has 0 radical (unpaired) electrons. The predicted molar refractivity (Wildman–Crippen MR) is 90.5 cm³/mol. The van der Waals surface area contributed by atoms with E-state index in [0.29, 0.717) is 10.6 Å². The van der Waals surface area contributed by atoms with Gasteiger partial charge in [-0.3, -0.25) is 15.1 Å². The summed E-state index contributed by atoms with van der Waals surface area (Å²) in [5.74, 6) is 3.58. The van der Waals surface area contributed by atoms with E-state index in [4.69, 9.17) is 0 Å². The summed E-state index contributed by atoms with van der Waals surface area (Å²) in [6.07, 6.45) is 3.28. The third kappa shape index (κ3) is 3.24. The van der Waals surface area contributed by atoms with Gasteiger partial charge in [-0.05, 0) is 12.1 Å². The average Bonchev–Trinajstić information content (AvgIpc) is 2.53. The molecule has 1 saturated heterocycles. The lowest BCUT2D eigenvalue weighted by atomic mass is 10.1. The number of fused-ring (bicyclic) bond motifs is 1. The van der Waals surface area contributed by atoms with Gasteiger partial charge in [0.05, 0.1) is 10.3 Å². The Bertz CT molecular complexity index is 660. The molecule has 110 valence electrons. The van der Waals surface area contributed by atoms with Gasteiger partial charge in [-0.15, -0.1) is 0 Å². The van der Waals surface area contributed by atoms with Crippen LogP contribution >= 0.6 is 23.5 Å². The summed E-state index contributed by atoms with van der Waals surface area (Å²) in [6, 6.07) is 5.04. The van der Waals surface area contributed by atoms with Crippen LogP contribution in [0.15, 0.2) is 30.6 Å². The fraction of sp³-hybridized carbons (Fsp3) is 0.357. The SMILES string of the molecule is O=[N+]([O-])c1ccc(NCC2CSCCS2)c2cnccc12. The highest BCUT2D eigenvalue weighted by Gasteiger charge is 2.17. The van der Waals surface area contributed by atoms with E-state index in [0.717, 1.165) is 23.4 Å². The van der Waals surface area contributed by atoms with Crippen molar-refractivity contribution in [3.05, 3.63) is 40.7 Å². The molecule has 1 aromatic heterocycles. The van der Waals surface area contributed by atoms with Crippen LogP contribution in [-0.2, 0) is 0 Å². The van der Waals surface area contributed by atoms with E-state index in [-0.39, 0.29) is 10.6 Å². The molecule has 0 aliphatic carbocycles. The van der Waals surface area contributed by atoms with Crippen LogP contribution in [-0.4, -0.2) is 39.0 Å². The topological polar surface area (TPSA) is 68.1 Å². The van der Waals surface area contributed by atoms with Gasteiger partial charge in [-0.2, -0.15) is 23.5 Å². The largest absolute Gasteiger partial charge is 0.383 e. The molecule has 0 saturated carbocycles. The molecule has 2 aromatic rings. The summed E-state index contributed by atoms with van der Waals surface area (Å²) in [5, 5.41) is 16.5. The molecule has 1 aliphatic rings. The lowest BCUT2D eigenvalue weighted by molar-refractivity contribution is -0.383. The zero-order valence-corrected chi connectivity index (χ0v) is 13.0. The highest BCUT2D eigenvalue weighted by molar-refractivity contribution is 8.06. The van der Waals surface area contributed by atoms with Gasteiger partial charge in [0, 0.05) is 58.6 Å². The number of pyridine rings is 1. The second kappa shape index (κ2) is 6.53. The molecule has 0 spiro atoms. The molecule has 1 aliphatic heterocycles. The van der Waals surface area contributed by atoms with Crippen molar-refractivity contribution in [2.75, 3.05) is 29.1 Å². The van der Waals surface area contributed by atoms with Gasteiger partial charge in [-0.25, -0.2) is 0 Å². The zero-order valence-electron chi connectivity index (χ0n) is 11.3. The standard InChI is InChI=1S/C14H15N3O2S2/c18-17(19)14-2-1-13(12-8-15-4-3-11(12)14)16-7-10-9-20-5-6-21-10/h1-4,8,10,16H,5-7,9H2. The van der Waals surface area contributed by atoms with Crippen molar-refractivity contribution in [1.29, 1.82) is 0 Å². The fourth-order valence-electron chi connectivity index (χ4n) is 2.37. The minimum atomic E-state index is -0.347. The molecule has 1 fully saturated rings. The molecule has 1 atom stereocenters. The maximum absolute atomic E-state index is 11.1. The van der Waals surface area contributed by atoms with E-state index in [1.165, 1.54) is 11.5 Å². The van der Waals surface area contributed by atoms with Gasteiger partial charge in [0.1, 0.15) is 0 Å². The Morgan fingerprint density at radius 1 is 1.33 bits per heavy atom. The van der Waals surface area contributed by atoms with Crippen LogP contribution in [0.2, 0.25) is 0 Å². The van der Waals surface area contributed by atoms with Crippen molar-refractivity contribution in [3.63, 3.8) is 0 Å². The van der Waals surface area contributed by atoms with Gasteiger partial charge < -0.3 is 5.32 Å². The molecule has 0 bridgehead atoms. The summed E-state index contributed by atoms with van der Waals surface area (Å²) < 4.78 is 0. The Morgan fingerprint density at radius 3 is 3.00 bits per heavy atom. The highest BCUT2D eigenvalue weighted by Crippen LogP contribution is 2.31. The van der Waals surface area contributed by atoms with Crippen LogP contribution in [0.5, 0.6) is 0 Å². The van der Waals surface area contributed by atoms with Crippen LogP contribution in [0.1, 0.15) is 0 Å². The number of rotatable bonds is 4. The second-order valence-electron chi connectivity index (χ2n) is 4.76. The van der Waals surface area contributed by atoms with Crippen LogP contribution in [0.3, 0.4) is 0 Å². The number of hydrogen-bond donors (Lipinski definition) is 1. The number of anilines is 1. The summed E-state index contributed by atoms with van der Waals surface area (Å²) >= 11 is 3.97. The Hall–Kier alpha value is -1.47. The van der Waals surface area contributed by atoms with Gasteiger partial charge in [-0.1, -0.05) is 0 Å². The van der Waals surface area contributed by atoms with Gasteiger partial charge >= 0.3 is 0 Å². The Kier molecular flexibility index (Phi) is 4.50. The molecular formula is C14H15N3O2S2. The van der Waals surface area contributed by atoms with E-state index in [1.54, 1.807) is 30.6 Å². The Labute approximate surface area is 131 Å². The molecule has 1 N–H and O–H groups in total. The lowest BCUT2D eigenvalue weighted by Crippen LogP contribution is -2.23. The zero-order chi connectivity index (χ0) is 14.7. The number of benzene rings is 1.